The summed E-state index contributed by atoms with van der Waals surface area (Å²) in [5.41, 5.74) is 2.53. The van der Waals surface area contributed by atoms with Crippen LogP contribution in [-0.4, -0.2) is 4.57 Å². The topological polar surface area (TPSA) is 18.1 Å². The molecule has 2 aromatic rings. The molecule has 4 heteroatoms. The quantitative estimate of drug-likeness (QED) is 0.565. The third kappa shape index (κ3) is 1.11. The largest absolute Gasteiger partial charge is 0.429 e. The van der Waals surface area contributed by atoms with Crippen molar-refractivity contribution >= 4 is 39.2 Å². The van der Waals surface area contributed by atoms with E-state index >= 15 is 0 Å². The molecule has 0 aliphatic rings. The Balaban J connectivity index is 2.91. The minimum atomic E-state index is 0.507. The standard InChI is InChI=1S/C8H6BrNOS/c9-5-10-6-3-1-2-4-7(6)11-8(10)12/h1-4H,5H2. The fourth-order valence-corrected chi connectivity index (χ4v) is 2.04. The Labute approximate surface area is 82.9 Å². The van der Waals surface area contributed by atoms with Crippen molar-refractivity contribution in [3.05, 3.63) is 29.1 Å². The van der Waals surface area contributed by atoms with Crippen molar-refractivity contribution in [2.45, 2.75) is 5.45 Å². The van der Waals surface area contributed by atoms with Crippen molar-refractivity contribution < 1.29 is 4.42 Å². The van der Waals surface area contributed by atoms with Crippen LogP contribution in [0.2, 0.25) is 0 Å². The lowest BCUT2D eigenvalue weighted by Crippen LogP contribution is -1.89. The predicted octanol–water partition coefficient (Wildman–Crippen LogP) is 3.32. The second-order valence-electron chi connectivity index (χ2n) is 2.38. The fraction of sp³-hybridized carbons (Fsp3) is 0.125. The number of nitrogens with zero attached hydrogens (tertiary/aromatic N) is 1. The molecule has 1 heterocycles. The molecule has 2 rings (SSSR count). The van der Waals surface area contributed by atoms with Gasteiger partial charge in [-0.1, -0.05) is 28.1 Å². The molecule has 0 aliphatic carbocycles. The first-order valence-corrected chi connectivity index (χ1v) is 5.00. The molecule has 0 spiro atoms. The van der Waals surface area contributed by atoms with Crippen LogP contribution in [0, 0.1) is 4.84 Å². The van der Waals surface area contributed by atoms with Gasteiger partial charge in [0, 0.05) is 0 Å². The number of halogens is 1. The Bertz CT molecular complexity index is 459. The van der Waals surface area contributed by atoms with E-state index in [0.717, 1.165) is 11.1 Å². The minimum absolute atomic E-state index is 0.507. The van der Waals surface area contributed by atoms with Crippen LogP contribution < -0.4 is 0 Å². The van der Waals surface area contributed by atoms with Crippen molar-refractivity contribution in [2.24, 2.45) is 0 Å². The number of para-hydroxylation sites is 2. The van der Waals surface area contributed by atoms with Gasteiger partial charge in [0.05, 0.1) is 11.0 Å². The van der Waals surface area contributed by atoms with E-state index in [1.54, 1.807) is 0 Å². The summed E-state index contributed by atoms with van der Waals surface area (Å²) in [7, 11) is 0. The predicted molar refractivity (Wildman–Crippen MR) is 54.0 cm³/mol. The third-order valence-corrected chi connectivity index (χ3v) is 2.50. The monoisotopic (exact) mass is 243 g/mol. The highest BCUT2D eigenvalue weighted by Crippen LogP contribution is 2.17. The van der Waals surface area contributed by atoms with E-state index in [1.165, 1.54) is 0 Å². The van der Waals surface area contributed by atoms with Gasteiger partial charge in [0.2, 0.25) is 0 Å². The van der Waals surface area contributed by atoms with E-state index in [2.05, 4.69) is 15.9 Å². The molecule has 12 heavy (non-hydrogen) atoms. The summed E-state index contributed by atoms with van der Waals surface area (Å²) >= 11 is 8.36. The summed E-state index contributed by atoms with van der Waals surface area (Å²) in [5, 5.41) is 0. The Morgan fingerprint density at radius 2 is 2.17 bits per heavy atom. The van der Waals surface area contributed by atoms with Crippen molar-refractivity contribution in [1.29, 1.82) is 0 Å². The van der Waals surface area contributed by atoms with Gasteiger partial charge in [0.1, 0.15) is 0 Å². The zero-order valence-corrected chi connectivity index (χ0v) is 8.56. The maximum Gasteiger partial charge on any atom is 0.270 e. The van der Waals surface area contributed by atoms with Crippen LogP contribution in [0.4, 0.5) is 0 Å². The molecule has 0 saturated carbocycles. The SMILES string of the molecule is S=c1oc2ccccc2n1CBr. The van der Waals surface area contributed by atoms with Crippen molar-refractivity contribution in [3.8, 4) is 0 Å². The molecule has 0 radical (unpaired) electrons. The number of alkyl halides is 1. The lowest BCUT2D eigenvalue weighted by Gasteiger charge is -1.93. The average molecular weight is 244 g/mol. The highest BCUT2D eigenvalue weighted by atomic mass is 79.9. The highest BCUT2D eigenvalue weighted by molar-refractivity contribution is 9.08. The molecule has 0 unspecified atom stereocenters. The van der Waals surface area contributed by atoms with Crippen molar-refractivity contribution in [2.75, 3.05) is 0 Å². The third-order valence-electron chi connectivity index (χ3n) is 1.69. The molecule has 0 fully saturated rings. The number of rotatable bonds is 1. The molecule has 0 amide bonds. The summed E-state index contributed by atoms with van der Waals surface area (Å²) < 4.78 is 7.23. The van der Waals surface area contributed by atoms with Gasteiger partial charge in [-0.25, -0.2) is 0 Å². The van der Waals surface area contributed by atoms with Crippen molar-refractivity contribution in [3.63, 3.8) is 0 Å². The second kappa shape index (κ2) is 3.03. The number of fused-ring (bicyclic) bond motifs is 1. The Hall–Kier alpha value is -0.610. The molecule has 62 valence electrons. The Morgan fingerprint density at radius 3 is 2.92 bits per heavy atom. The van der Waals surface area contributed by atoms with Gasteiger partial charge in [-0.15, -0.1) is 0 Å². The summed E-state index contributed by atoms with van der Waals surface area (Å²) in [4.78, 5) is 0.507. The molecular formula is C8H6BrNOS. The van der Waals surface area contributed by atoms with E-state index in [-0.39, 0.29) is 0 Å². The first kappa shape index (κ1) is 8.01. The van der Waals surface area contributed by atoms with E-state index < -0.39 is 0 Å². The molecule has 0 aliphatic heterocycles. The molecule has 0 saturated heterocycles. The summed E-state index contributed by atoms with van der Waals surface area (Å²) in [5.74, 6) is 0. The maximum atomic E-state index is 5.34. The van der Waals surface area contributed by atoms with Crippen molar-refractivity contribution in [1.82, 2.24) is 4.57 Å². The molecule has 1 aromatic carbocycles. The molecule has 0 N–H and O–H groups in total. The molecule has 2 nitrogen and oxygen atoms in total. The van der Waals surface area contributed by atoms with Crippen LogP contribution in [0.1, 0.15) is 0 Å². The summed E-state index contributed by atoms with van der Waals surface area (Å²) in [6.45, 7) is 0. The van der Waals surface area contributed by atoms with Gasteiger partial charge < -0.3 is 4.42 Å². The molecular weight excluding hydrogens is 238 g/mol. The van der Waals surface area contributed by atoms with Gasteiger partial charge >= 0.3 is 0 Å². The number of benzene rings is 1. The van der Waals surface area contributed by atoms with Gasteiger partial charge in [-0.05, 0) is 24.4 Å². The Kier molecular flexibility index (Phi) is 2.02. The average Bonchev–Trinajstić information content (AvgIpc) is 2.40. The van der Waals surface area contributed by atoms with Crippen LogP contribution >= 0.6 is 28.1 Å². The van der Waals surface area contributed by atoms with Gasteiger partial charge in [0.25, 0.3) is 4.84 Å². The normalized spacial score (nSPS) is 10.8. The van der Waals surface area contributed by atoms with Gasteiger partial charge in [0.15, 0.2) is 5.58 Å². The fourth-order valence-electron chi connectivity index (χ4n) is 1.13. The molecule has 1 aromatic heterocycles. The summed E-state index contributed by atoms with van der Waals surface area (Å²) in [6.07, 6.45) is 0. The van der Waals surface area contributed by atoms with E-state index in [0.29, 0.717) is 10.3 Å². The number of hydrogen-bond acceptors (Lipinski definition) is 2. The van der Waals surface area contributed by atoms with Gasteiger partial charge in [-0.3, -0.25) is 4.57 Å². The number of hydrogen-bond donors (Lipinski definition) is 0. The maximum absolute atomic E-state index is 5.34. The van der Waals surface area contributed by atoms with Crippen LogP contribution in [0.5, 0.6) is 0 Å². The smallest absolute Gasteiger partial charge is 0.270 e. The van der Waals surface area contributed by atoms with Crippen LogP contribution in [0.25, 0.3) is 11.1 Å². The zero-order chi connectivity index (χ0) is 8.55. The molecule has 0 atom stereocenters. The van der Waals surface area contributed by atoms with Crippen LogP contribution in [-0.2, 0) is 5.45 Å². The lowest BCUT2D eigenvalue weighted by molar-refractivity contribution is 0.558. The minimum Gasteiger partial charge on any atom is -0.429 e. The van der Waals surface area contributed by atoms with Crippen LogP contribution in [0.15, 0.2) is 28.7 Å². The zero-order valence-electron chi connectivity index (χ0n) is 6.16. The lowest BCUT2D eigenvalue weighted by atomic mass is 10.3. The van der Waals surface area contributed by atoms with E-state index in [9.17, 15) is 0 Å². The first-order valence-electron chi connectivity index (χ1n) is 3.47. The highest BCUT2D eigenvalue weighted by Gasteiger charge is 2.02. The van der Waals surface area contributed by atoms with E-state index in [4.69, 9.17) is 16.6 Å². The van der Waals surface area contributed by atoms with Crippen LogP contribution in [0.3, 0.4) is 0 Å². The first-order chi connectivity index (χ1) is 5.83. The second-order valence-corrected chi connectivity index (χ2v) is 3.23. The summed E-state index contributed by atoms with van der Waals surface area (Å²) in [6, 6.07) is 7.78. The van der Waals surface area contributed by atoms with E-state index in [1.807, 2.05) is 28.8 Å². The Morgan fingerprint density at radius 1 is 1.42 bits per heavy atom. The molecule has 0 bridgehead atoms. The number of oxazole rings is 1. The van der Waals surface area contributed by atoms with Gasteiger partial charge in [-0.2, -0.15) is 0 Å². The number of aromatic nitrogens is 1.